The average Bonchev–Trinajstić information content (AvgIpc) is 3.23. The van der Waals surface area contributed by atoms with Gasteiger partial charge in [0.15, 0.2) is 0 Å². The summed E-state index contributed by atoms with van der Waals surface area (Å²) in [6, 6.07) is 1.68. The van der Waals surface area contributed by atoms with Gasteiger partial charge < -0.3 is 15.0 Å². The number of nitrogens with one attached hydrogen (secondary N) is 1. The quantitative estimate of drug-likeness (QED) is 0.655. The summed E-state index contributed by atoms with van der Waals surface area (Å²) in [6.07, 6.45) is 9.77. The molecule has 3 fully saturated rings. The molecule has 3 aliphatic rings. The lowest BCUT2D eigenvalue weighted by atomic mass is 10.2. The van der Waals surface area contributed by atoms with E-state index in [4.69, 9.17) is 4.74 Å². The second-order valence-electron chi connectivity index (χ2n) is 7.03. The third-order valence-corrected chi connectivity index (χ3v) is 5.22. The van der Waals surface area contributed by atoms with Crippen molar-refractivity contribution in [1.29, 1.82) is 0 Å². The second-order valence-corrected chi connectivity index (χ2v) is 7.03. The van der Waals surface area contributed by atoms with Crippen LogP contribution in [0.5, 0.6) is 0 Å². The minimum Gasteiger partial charge on any atom is -0.379 e. The van der Waals surface area contributed by atoms with Crippen molar-refractivity contribution < 1.29 is 4.74 Å². The maximum absolute atomic E-state index is 5.46. The predicted molar refractivity (Wildman–Crippen MR) is 86.7 cm³/mol. The maximum atomic E-state index is 5.46. The molecule has 0 aromatic rings. The first-order chi connectivity index (χ1) is 10.4. The number of morpholine rings is 1. The lowest BCUT2D eigenvalue weighted by Crippen LogP contribution is -2.44. The van der Waals surface area contributed by atoms with E-state index in [1.54, 1.807) is 0 Å². The Bertz CT molecular complexity index is 290. The van der Waals surface area contributed by atoms with Crippen molar-refractivity contribution in [2.24, 2.45) is 0 Å². The number of unbranched alkanes of at least 4 members (excludes halogenated alkanes) is 3. The van der Waals surface area contributed by atoms with Crippen molar-refractivity contribution in [1.82, 2.24) is 15.1 Å². The lowest BCUT2D eigenvalue weighted by Gasteiger charge is -2.32. The van der Waals surface area contributed by atoms with Gasteiger partial charge in [-0.15, -0.1) is 0 Å². The van der Waals surface area contributed by atoms with Gasteiger partial charge in [-0.05, 0) is 51.7 Å². The smallest absolute Gasteiger partial charge is 0.0594 e. The zero-order valence-electron chi connectivity index (χ0n) is 13.6. The molecule has 1 atom stereocenters. The molecule has 2 heterocycles. The van der Waals surface area contributed by atoms with Crippen LogP contribution in [0.15, 0.2) is 0 Å². The summed E-state index contributed by atoms with van der Waals surface area (Å²) in [5, 5.41) is 3.60. The van der Waals surface area contributed by atoms with E-state index in [0.29, 0.717) is 0 Å². The molecule has 21 heavy (non-hydrogen) atoms. The van der Waals surface area contributed by atoms with E-state index in [1.165, 1.54) is 71.1 Å². The van der Waals surface area contributed by atoms with Crippen molar-refractivity contribution in [3.63, 3.8) is 0 Å². The highest BCUT2D eigenvalue weighted by Crippen LogP contribution is 2.19. The van der Waals surface area contributed by atoms with Crippen LogP contribution >= 0.6 is 0 Å². The van der Waals surface area contributed by atoms with Crippen LogP contribution in [0.3, 0.4) is 0 Å². The van der Waals surface area contributed by atoms with Crippen LogP contribution in [0.1, 0.15) is 44.9 Å². The summed E-state index contributed by atoms with van der Waals surface area (Å²) in [6.45, 7) is 9.33. The second kappa shape index (κ2) is 8.47. The molecule has 122 valence electrons. The van der Waals surface area contributed by atoms with E-state index in [2.05, 4.69) is 15.1 Å². The molecule has 2 saturated heterocycles. The van der Waals surface area contributed by atoms with Gasteiger partial charge in [0, 0.05) is 31.7 Å². The van der Waals surface area contributed by atoms with Gasteiger partial charge in [0.25, 0.3) is 0 Å². The van der Waals surface area contributed by atoms with E-state index < -0.39 is 0 Å². The van der Waals surface area contributed by atoms with Crippen LogP contribution in [-0.4, -0.2) is 74.4 Å². The lowest BCUT2D eigenvalue weighted by molar-refractivity contribution is 0.0185. The Morgan fingerprint density at radius 2 is 1.71 bits per heavy atom. The molecule has 2 aliphatic heterocycles. The van der Waals surface area contributed by atoms with Crippen LogP contribution in [0.4, 0.5) is 0 Å². The van der Waals surface area contributed by atoms with Crippen molar-refractivity contribution in [2.75, 3.05) is 52.5 Å². The molecule has 1 saturated carbocycles. The summed E-state index contributed by atoms with van der Waals surface area (Å²) in [5.41, 5.74) is 0. The molecule has 4 nitrogen and oxygen atoms in total. The van der Waals surface area contributed by atoms with Crippen LogP contribution in [0, 0.1) is 0 Å². The zero-order chi connectivity index (χ0) is 14.3. The van der Waals surface area contributed by atoms with Crippen LogP contribution in [-0.2, 0) is 4.74 Å². The monoisotopic (exact) mass is 295 g/mol. The third-order valence-electron chi connectivity index (χ3n) is 5.22. The number of hydrogen-bond donors (Lipinski definition) is 1. The van der Waals surface area contributed by atoms with Gasteiger partial charge in [0.2, 0.25) is 0 Å². The fourth-order valence-corrected chi connectivity index (χ4v) is 3.66. The fourth-order valence-electron chi connectivity index (χ4n) is 3.66. The number of nitrogens with zero attached hydrogens (tertiary/aromatic N) is 2. The molecule has 0 radical (unpaired) electrons. The van der Waals surface area contributed by atoms with Crippen LogP contribution < -0.4 is 5.32 Å². The SMILES string of the molecule is C(CCCN1CCC(N2CCOCC2)C1)CCNC1CC1. The van der Waals surface area contributed by atoms with E-state index in [1.807, 2.05) is 0 Å². The third kappa shape index (κ3) is 5.51. The zero-order valence-corrected chi connectivity index (χ0v) is 13.6. The minimum atomic E-state index is 0.802. The summed E-state index contributed by atoms with van der Waals surface area (Å²) in [4.78, 5) is 5.33. The highest BCUT2D eigenvalue weighted by atomic mass is 16.5. The van der Waals surface area contributed by atoms with E-state index in [0.717, 1.165) is 38.4 Å². The first-order valence-corrected chi connectivity index (χ1v) is 9.19. The van der Waals surface area contributed by atoms with Crippen molar-refractivity contribution in [3.05, 3.63) is 0 Å². The molecule has 3 rings (SSSR count). The Balaban J connectivity index is 1.18. The Hall–Kier alpha value is -0.160. The van der Waals surface area contributed by atoms with Crippen LogP contribution in [0.25, 0.3) is 0 Å². The largest absolute Gasteiger partial charge is 0.379 e. The maximum Gasteiger partial charge on any atom is 0.0594 e. The molecular formula is C17H33N3O. The summed E-state index contributed by atoms with van der Waals surface area (Å²) in [5.74, 6) is 0. The summed E-state index contributed by atoms with van der Waals surface area (Å²) >= 11 is 0. The minimum absolute atomic E-state index is 0.802. The van der Waals surface area contributed by atoms with Crippen molar-refractivity contribution in [3.8, 4) is 0 Å². The Labute approximate surface area is 130 Å². The average molecular weight is 295 g/mol. The normalized spacial score (nSPS) is 28.3. The highest BCUT2D eigenvalue weighted by molar-refractivity contribution is 4.84. The number of likely N-dealkylation sites (tertiary alicyclic amines) is 1. The molecule has 1 unspecified atom stereocenters. The predicted octanol–water partition coefficient (Wildman–Crippen LogP) is 1.71. The van der Waals surface area contributed by atoms with Gasteiger partial charge in [-0.1, -0.05) is 12.8 Å². The molecule has 4 heteroatoms. The van der Waals surface area contributed by atoms with E-state index in [9.17, 15) is 0 Å². The van der Waals surface area contributed by atoms with Gasteiger partial charge in [-0.3, -0.25) is 4.90 Å². The standard InChI is InChI=1S/C17H33N3O/c1(3-8-18-16-5-6-16)2-4-9-19-10-7-17(15-19)20-11-13-21-14-12-20/h16-18H,1-15H2. The molecule has 0 aromatic carbocycles. The summed E-state index contributed by atoms with van der Waals surface area (Å²) in [7, 11) is 0. The number of rotatable bonds is 9. The Kier molecular flexibility index (Phi) is 6.34. The molecule has 0 bridgehead atoms. The molecule has 0 aromatic heterocycles. The molecular weight excluding hydrogens is 262 g/mol. The fraction of sp³-hybridized carbons (Fsp3) is 1.00. The number of hydrogen-bond acceptors (Lipinski definition) is 4. The number of ether oxygens (including phenoxy) is 1. The molecule has 1 N–H and O–H groups in total. The molecule has 0 spiro atoms. The topological polar surface area (TPSA) is 27.7 Å². The Morgan fingerprint density at radius 1 is 0.905 bits per heavy atom. The van der Waals surface area contributed by atoms with E-state index in [-0.39, 0.29) is 0 Å². The molecule has 0 amide bonds. The van der Waals surface area contributed by atoms with E-state index >= 15 is 0 Å². The van der Waals surface area contributed by atoms with Crippen molar-refractivity contribution in [2.45, 2.75) is 57.0 Å². The molecule has 1 aliphatic carbocycles. The van der Waals surface area contributed by atoms with Gasteiger partial charge in [0.1, 0.15) is 0 Å². The van der Waals surface area contributed by atoms with Gasteiger partial charge in [-0.25, -0.2) is 0 Å². The Morgan fingerprint density at radius 3 is 2.52 bits per heavy atom. The van der Waals surface area contributed by atoms with Gasteiger partial charge in [0.05, 0.1) is 13.2 Å². The van der Waals surface area contributed by atoms with Crippen molar-refractivity contribution >= 4 is 0 Å². The first kappa shape index (κ1) is 15.7. The summed E-state index contributed by atoms with van der Waals surface area (Å²) < 4.78 is 5.46. The van der Waals surface area contributed by atoms with Crippen LogP contribution in [0.2, 0.25) is 0 Å². The van der Waals surface area contributed by atoms with Gasteiger partial charge >= 0.3 is 0 Å². The highest BCUT2D eigenvalue weighted by Gasteiger charge is 2.28. The first-order valence-electron chi connectivity index (χ1n) is 9.19. The van der Waals surface area contributed by atoms with Gasteiger partial charge in [-0.2, -0.15) is 0 Å².